The van der Waals surface area contributed by atoms with Gasteiger partial charge in [0.25, 0.3) is 11.8 Å². The normalized spacial score (nSPS) is 13.7. The number of nitrogens with zero attached hydrogens (tertiary/aromatic N) is 1. The summed E-state index contributed by atoms with van der Waals surface area (Å²) in [6.45, 7) is 1.90. The summed E-state index contributed by atoms with van der Waals surface area (Å²) < 4.78 is 32.4. The first-order valence-corrected chi connectivity index (χ1v) is 9.45. The second-order valence-electron chi connectivity index (χ2n) is 7.02. The molecule has 156 valence electrons. The minimum atomic E-state index is -1.15. The Morgan fingerprint density at radius 1 is 0.871 bits per heavy atom. The molecule has 0 bridgehead atoms. The van der Waals surface area contributed by atoms with E-state index < -0.39 is 23.4 Å². The summed E-state index contributed by atoms with van der Waals surface area (Å²) in [6.07, 6.45) is 0. The minimum Gasteiger partial charge on any atom is -0.497 e. The first kappa shape index (κ1) is 20.3. The molecule has 0 unspecified atom stereocenters. The molecule has 0 saturated carbocycles. The lowest BCUT2D eigenvalue weighted by molar-refractivity contribution is -0.120. The predicted octanol–water partition coefficient (Wildman–Crippen LogP) is 4.68. The van der Waals surface area contributed by atoms with Gasteiger partial charge in [0.15, 0.2) is 11.6 Å². The molecule has 1 heterocycles. The van der Waals surface area contributed by atoms with E-state index in [0.29, 0.717) is 17.0 Å². The molecule has 3 aromatic carbocycles. The highest BCUT2D eigenvalue weighted by atomic mass is 19.2. The van der Waals surface area contributed by atoms with Crippen molar-refractivity contribution in [2.75, 3.05) is 17.3 Å². The van der Waals surface area contributed by atoms with Crippen molar-refractivity contribution in [1.29, 1.82) is 0 Å². The Bertz CT molecular complexity index is 1220. The van der Waals surface area contributed by atoms with Crippen molar-refractivity contribution >= 4 is 28.8 Å². The Kier molecular flexibility index (Phi) is 5.25. The number of aryl methyl sites for hydroxylation is 1. The van der Waals surface area contributed by atoms with Crippen molar-refractivity contribution in [3.8, 4) is 5.75 Å². The summed E-state index contributed by atoms with van der Waals surface area (Å²) in [5.74, 6) is -2.93. The van der Waals surface area contributed by atoms with Crippen molar-refractivity contribution in [3.05, 3.63) is 95.2 Å². The molecule has 3 aromatic rings. The Labute approximate surface area is 177 Å². The third kappa shape index (κ3) is 3.77. The van der Waals surface area contributed by atoms with Crippen LogP contribution in [0.1, 0.15) is 11.1 Å². The van der Waals surface area contributed by atoms with Crippen LogP contribution in [0.25, 0.3) is 5.57 Å². The number of halogens is 2. The van der Waals surface area contributed by atoms with E-state index in [1.54, 1.807) is 30.3 Å². The third-order valence-electron chi connectivity index (χ3n) is 4.91. The average molecular weight is 420 g/mol. The monoisotopic (exact) mass is 420 g/mol. The van der Waals surface area contributed by atoms with Gasteiger partial charge in [0.2, 0.25) is 0 Å². The number of anilines is 2. The summed E-state index contributed by atoms with van der Waals surface area (Å²) >= 11 is 0. The van der Waals surface area contributed by atoms with Crippen LogP contribution in [-0.2, 0) is 9.59 Å². The molecular formula is C24H18F2N2O3. The van der Waals surface area contributed by atoms with Crippen molar-refractivity contribution < 1.29 is 23.1 Å². The van der Waals surface area contributed by atoms with Gasteiger partial charge in [-0.3, -0.25) is 9.59 Å². The fourth-order valence-corrected chi connectivity index (χ4v) is 3.40. The fraction of sp³-hybridized carbons (Fsp3) is 0.0833. The zero-order chi connectivity index (χ0) is 22.1. The molecule has 1 aliphatic heterocycles. The van der Waals surface area contributed by atoms with Gasteiger partial charge in [-0.15, -0.1) is 0 Å². The van der Waals surface area contributed by atoms with Gasteiger partial charge >= 0.3 is 0 Å². The Morgan fingerprint density at radius 3 is 2.26 bits per heavy atom. The van der Waals surface area contributed by atoms with E-state index in [1.165, 1.54) is 13.2 Å². The fourth-order valence-electron chi connectivity index (χ4n) is 3.40. The van der Waals surface area contributed by atoms with Crippen LogP contribution in [0.5, 0.6) is 5.75 Å². The van der Waals surface area contributed by atoms with Crippen LogP contribution in [0.3, 0.4) is 0 Å². The largest absolute Gasteiger partial charge is 0.497 e. The van der Waals surface area contributed by atoms with Gasteiger partial charge in [-0.05, 0) is 54.4 Å². The maximum Gasteiger partial charge on any atom is 0.282 e. The number of benzene rings is 3. The topological polar surface area (TPSA) is 58.6 Å². The number of carbonyl (C=O) groups excluding carboxylic acids is 2. The third-order valence-corrected chi connectivity index (χ3v) is 4.91. The molecule has 31 heavy (non-hydrogen) atoms. The molecule has 2 amide bonds. The molecule has 0 saturated heterocycles. The number of rotatable bonds is 5. The van der Waals surface area contributed by atoms with Crippen LogP contribution in [0, 0.1) is 18.6 Å². The van der Waals surface area contributed by atoms with Crippen LogP contribution in [-0.4, -0.2) is 18.9 Å². The molecule has 0 atom stereocenters. The molecule has 0 aromatic heterocycles. The number of hydrogen-bond acceptors (Lipinski definition) is 4. The predicted molar refractivity (Wildman–Crippen MR) is 114 cm³/mol. The van der Waals surface area contributed by atoms with Crippen LogP contribution in [0.4, 0.5) is 20.2 Å². The van der Waals surface area contributed by atoms with Crippen LogP contribution < -0.4 is 15.0 Å². The van der Waals surface area contributed by atoms with Gasteiger partial charge in [-0.1, -0.05) is 24.3 Å². The summed E-state index contributed by atoms with van der Waals surface area (Å²) in [6, 6.07) is 16.9. The van der Waals surface area contributed by atoms with E-state index in [4.69, 9.17) is 4.74 Å². The summed E-state index contributed by atoms with van der Waals surface area (Å²) in [5.41, 5.74) is 2.19. The van der Waals surface area contributed by atoms with E-state index in [0.717, 1.165) is 22.6 Å². The highest BCUT2D eigenvalue weighted by Gasteiger charge is 2.40. The number of carbonyl (C=O) groups is 2. The average Bonchev–Trinajstić information content (AvgIpc) is 3.00. The van der Waals surface area contributed by atoms with Crippen molar-refractivity contribution in [1.82, 2.24) is 0 Å². The van der Waals surface area contributed by atoms with Gasteiger partial charge in [-0.25, -0.2) is 13.7 Å². The minimum absolute atomic E-state index is 0.0468. The number of methoxy groups -OCH3 is 1. The van der Waals surface area contributed by atoms with Gasteiger partial charge in [0.05, 0.1) is 18.4 Å². The van der Waals surface area contributed by atoms with Crippen molar-refractivity contribution in [3.63, 3.8) is 0 Å². The van der Waals surface area contributed by atoms with E-state index in [9.17, 15) is 18.4 Å². The Morgan fingerprint density at radius 2 is 1.61 bits per heavy atom. The highest BCUT2D eigenvalue weighted by Crippen LogP contribution is 2.34. The molecule has 0 aliphatic carbocycles. The van der Waals surface area contributed by atoms with Crippen molar-refractivity contribution in [2.24, 2.45) is 0 Å². The van der Waals surface area contributed by atoms with E-state index >= 15 is 0 Å². The van der Waals surface area contributed by atoms with Gasteiger partial charge in [-0.2, -0.15) is 0 Å². The maximum atomic E-state index is 13.8. The molecule has 1 aliphatic rings. The first-order valence-electron chi connectivity index (χ1n) is 9.45. The second-order valence-corrected chi connectivity index (χ2v) is 7.02. The second kappa shape index (κ2) is 8.02. The molecule has 7 heteroatoms. The number of nitrogens with one attached hydrogen (secondary N) is 1. The molecule has 5 nitrogen and oxygen atoms in total. The smallest absolute Gasteiger partial charge is 0.282 e. The summed E-state index contributed by atoms with van der Waals surface area (Å²) in [7, 11) is 1.52. The number of amides is 2. The number of hydrogen-bond donors (Lipinski definition) is 1. The molecule has 0 spiro atoms. The lowest BCUT2D eigenvalue weighted by Gasteiger charge is -2.15. The zero-order valence-corrected chi connectivity index (χ0v) is 16.8. The summed E-state index contributed by atoms with van der Waals surface area (Å²) in [5, 5.41) is 3.03. The van der Waals surface area contributed by atoms with Gasteiger partial charge in [0.1, 0.15) is 11.4 Å². The van der Waals surface area contributed by atoms with Crippen LogP contribution in [0.2, 0.25) is 0 Å². The van der Waals surface area contributed by atoms with E-state index in [2.05, 4.69) is 5.32 Å². The molecule has 4 rings (SSSR count). The molecule has 1 N–H and O–H groups in total. The van der Waals surface area contributed by atoms with Crippen LogP contribution >= 0.6 is 0 Å². The number of imide groups is 1. The molecule has 0 radical (unpaired) electrons. The standard InChI is InChI=1S/C24H18F2N2O3/c1-14-4-3-5-16(12-14)27-22-21(15-6-9-18(31-2)10-7-15)23(29)28(24(22)30)17-8-11-19(25)20(26)13-17/h3-13,27H,1-2H3. The quantitative estimate of drug-likeness (QED) is 0.609. The lowest BCUT2D eigenvalue weighted by atomic mass is 10.0. The lowest BCUT2D eigenvalue weighted by Crippen LogP contribution is -2.32. The van der Waals surface area contributed by atoms with Gasteiger partial charge < -0.3 is 10.1 Å². The van der Waals surface area contributed by atoms with E-state index in [-0.39, 0.29) is 17.0 Å². The Balaban J connectivity index is 1.82. The molecule has 0 fully saturated rings. The SMILES string of the molecule is COc1ccc(C2=C(Nc3cccc(C)c3)C(=O)N(c3ccc(F)c(F)c3)C2=O)cc1. The Hall–Kier alpha value is -4.00. The zero-order valence-electron chi connectivity index (χ0n) is 16.8. The first-order chi connectivity index (χ1) is 14.9. The highest BCUT2D eigenvalue weighted by molar-refractivity contribution is 6.46. The van der Waals surface area contributed by atoms with E-state index in [1.807, 2.05) is 25.1 Å². The number of ether oxygens (including phenoxy) is 1. The van der Waals surface area contributed by atoms with Gasteiger partial charge in [0, 0.05) is 11.8 Å². The summed E-state index contributed by atoms with van der Waals surface area (Å²) in [4.78, 5) is 27.4. The van der Waals surface area contributed by atoms with Crippen LogP contribution in [0.15, 0.2) is 72.4 Å². The van der Waals surface area contributed by atoms with Crippen molar-refractivity contribution in [2.45, 2.75) is 6.92 Å². The maximum absolute atomic E-state index is 13.8. The molecular weight excluding hydrogens is 402 g/mol.